The van der Waals surface area contributed by atoms with Gasteiger partial charge in [0.2, 0.25) is 5.91 Å². The number of carbonyl (C=O) groups is 1. The van der Waals surface area contributed by atoms with Gasteiger partial charge in [-0.2, -0.15) is 0 Å². The summed E-state index contributed by atoms with van der Waals surface area (Å²) in [6.07, 6.45) is 3.44. The maximum absolute atomic E-state index is 12.5. The average Bonchev–Trinajstić information content (AvgIpc) is 2.92. The molecule has 1 saturated carbocycles. The second-order valence-electron chi connectivity index (χ2n) is 5.77. The Hall–Kier alpha value is -0.390. The van der Waals surface area contributed by atoms with Gasteiger partial charge in [0.05, 0.1) is 10.3 Å². The normalized spacial score (nSPS) is 24.4. The van der Waals surface area contributed by atoms with E-state index < -0.39 is 0 Å². The van der Waals surface area contributed by atoms with Gasteiger partial charge in [0.15, 0.2) is 0 Å². The minimum Gasteiger partial charge on any atom is -0.340 e. The van der Waals surface area contributed by atoms with Crippen molar-refractivity contribution in [3.63, 3.8) is 0 Å². The minimum atomic E-state index is 0.281. The zero-order valence-corrected chi connectivity index (χ0v) is 13.5. The van der Waals surface area contributed by atoms with E-state index in [0.717, 1.165) is 29.8 Å². The summed E-state index contributed by atoms with van der Waals surface area (Å²) in [5, 5.41) is 3.38. The third-order valence-corrected chi connectivity index (χ3v) is 6.09. The van der Waals surface area contributed by atoms with Crippen LogP contribution in [0.25, 0.3) is 0 Å². The molecule has 1 spiro atoms. The Kier molecular flexibility index (Phi) is 3.71. The predicted octanol–water partition coefficient (Wildman–Crippen LogP) is 2.86. The van der Waals surface area contributed by atoms with Crippen LogP contribution in [0.15, 0.2) is 15.9 Å². The second kappa shape index (κ2) is 5.19. The number of nitrogens with zero attached hydrogens (tertiary/aromatic N) is 1. The molecule has 3 rings (SSSR count). The maximum Gasteiger partial charge on any atom is 0.226 e. The second-order valence-corrected chi connectivity index (χ2v) is 8.32. The van der Waals surface area contributed by atoms with Gasteiger partial charge in [0.25, 0.3) is 0 Å². The molecule has 1 aliphatic heterocycles. The molecule has 1 saturated heterocycles. The number of hydrogen-bond donors (Lipinski definition) is 1. The first-order valence-electron chi connectivity index (χ1n) is 6.81. The fraction of sp³-hybridized carbons (Fsp3) is 0.643. The number of piperidine rings is 1. The highest BCUT2D eigenvalue weighted by Gasteiger charge is 2.58. The topological polar surface area (TPSA) is 32.3 Å². The molecule has 3 nitrogen and oxygen atoms in total. The van der Waals surface area contributed by atoms with Crippen molar-refractivity contribution in [2.24, 2.45) is 11.3 Å². The van der Waals surface area contributed by atoms with E-state index in [-0.39, 0.29) is 5.92 Å². The summed E-state index contributed by atoms with van der Waals surface area (Å²) >= 11 is 5.17. The first kappa shape index (κ1) is 13.6. The molecular formula is C14H19BrN2OS. The molecular weight excluding hydrogens is 324 g/mol. The molecule has 1 amide bonds. The Labute approximate surface area is 126 Å². The van der Waals surface area contributed by atoms with Crippen LogP contribution in [0.4, 0.5) is 0 Å². The third-order valence-electron chi connectivity index (χ3n) is 4.49. The average molecular weight is 343 g/mol. The molecule has 2 fully saturated rings. The molecule has 1 aliphatic carbocycles. The van der Waals surface area contributed by atoms with Gasteiger partial charge >= 0.3 is 0 Å². The Morgan fingerprint density at radius 1 is 1.53 bits per heavy atom. The van der Waals surface area contributed by atoms with Crippen molar-refractivity contribution in [3.8, 4) is 0 Å². The van der Waals surface area contributed by atoms with Crippen LogP contribution in [0, 0.1) is 11.3 Å². The quantitative estimate of drug-likeness (QED) is 0.915. The van der Waals surface area contributed by atoms with E-state index in [4.69, 9.17) is 0 Å². The smallest absolute Gasteiger partial charge is 0.226 e. The standard InChI is InChI=1S/C14H19BrN2OS/c1-17(9-10-2-3-12(15)19-10)13(18)11-8-14(11)4-6-16-7-5-14/h2-3,11,16H,4-9H2,1H3. The summed E-state index contributed by atoms with van der Waals surface area (Å²) in [5.74, 6) is 0.620. The van der Waals surface area contributed by atoms with Crippen molar-refractivity contribution in [1.29, 1.82) is 0 Å². The predicted molar refractivity (Wildman–Crippen MR) is 81.1 cm³/mol. The van der Waals surface area contributed by atoms with Crippen molar-refractivity contribution in [3.05, 3.63) is 20.8 Å². The lowest BCUT2D eigenvalue weighted by Gasteiger charge is -2.25. The molecule has 2 heterocycles. The van der Waals surface area contributed by atoms with Crippen LogP contribution in [-0.2, 0) is 11.3 Å². The summed E-state index contributed by atoms with van der Waals surface area (Å²) in [4.78, 5) is 15.6. The molecule has 1 atom stereocenters. The summed E-state index contributed by atoms with van der Waals surface area (Å²) in [6, 6.07) is 4.13. The van der Waals surface area contributed by atoms with E-state index >= 15 is 0 Å². The summed E-state index contributed by atoms with van der Waals surface area (Å²) < 4.78 is 1.13. The monoisotopic (exact) mass is 342 g/mol. The van der Waals surface area contributed by atoms with Crippen molar-refractivity contribution < 1.29 is 4.79 Å². The van der Waals surface area contributed by atoms with E-state index in [0.29, 0.717) is 11.3 Å². The van der Waals surface area contributed by atoms with Crippen LogP contribution in [-0.4, -0.2) is 30.9 Å². The number of amides is 1. The number of hydrogen-bond acceptors (Lipinski definition) is 3. The van der Waals surface area contributed by atoms with E-state index in [1.807, 2.05) is 18.0 Å². The van der Waals surface area contributed by atoms with Crippen LogP contribution in [0.1, 0.15) is 24.1 Å². The molecule has 0 radical (unpaired) electrons. The van der Waals surface area contributed by atoms with Gasteiger partial charge in [-0.15, -0.1) is 11.3 Å². The Morgan fingerprint density at radius 3 is 2.89 bits per heavy atom. The lowest BCUT2D eigenvalue weighted by atomic mass is 9.91. The number of thiophene rings is 1. The Bertz CT molecular complexity index is 482. The lowest BCUT2D eigenvalue weighted by Crippen LogP contribution is -2.34. The number of nitrogens with one attached hydrogen (secondary N) is 1. The Balaban J connectivity index is 1.59. The van der Waals surface area contributed by atoms with Gasteiger partial charge < -0.3 is 10.2 Å². The van der Waals surface area contributed by atoms with Crippen molar-refractivity contribution in [2.45, 2.75) is 25.8 Å². The fourth-order valence-electron chi connectivity index (χ4n) is 3.19. The van der Waals surface area contributed by atoms with Gasteiger partial charge in [0.1, 0.15) is 0 Å². The molecule has 1 aromatic heterocycles. The van der Waals surface area contributed by atoms with E-state index in [1.54, 1.807) is 11.3 Å². The van der Waals surface area contributed by atoms with Crippen LogP contribution < -0.4 is 5.32 Å². The first-order valence-corrected chi connectivity index (χ1v) is 8.42. The fourth-order valence-corrected chi connectivity index (χ4v) is 4.73. The van der Waals surface area contributed by atoms with Gasteiger partial charge in [-0.05, 0) is 65.8 Å². The molecule has 1 aromatic rings. The van der Waals surface area contributed by atoms with E-state index in [1.165, 1.54) is 17.7 Å². The maximum atomic E-state index is 12.5. The zero-order chi connectivity index (χ0) is 13.5. The summed E-state index contributed by atoms with van der Waals surface area (Å²) in [5.41, 5.74) is 0.340. The van der Waals surface area contributed by atoms with Gasteiger partial charge in [-0.3, -0.25) is 4.79 Å². The van der Waals surface area contributed by atoms with Gasteiger partial charge in [0, 0.05) is 17.8 Å². The van der Waals surface area contributed by atoms with Crippen LogP contribution in [0.5, 0.6) is 0 Å². The number of halogens is 1. The van der Waals surface area contributed by atoms with Crippen molar-refractivity contribution in [1.82, 2.24) is 10.2 Å². The molecule has 2 aliphatic rings. The lowest BCUT2D eigenvalue weighted by molar-refractivity contribution is -0.132. The van der Waals surface area contributed by atoms with Crippen molar-refractivity contribution in [2.75, 3.05) is 20.1 Å². The highest BCUT2D eigenvalue weighted by atomic mass is 79.9. The molecule has 0 aromatic carbocycles. The molecule has 104 valence electrons. The van der Waals surface area contributed by atoms with Gasteiger partial charge in [-0.1, -0.05) is 0 Å². The van der Waals surface area contributed by atoms with E-state index in [9.17, 15) is 4.79 Å². The number of rotatable bonds is 3. The SMILES string of the molecule is CN(Cc1ccc(Br)s1)C(=O)C1CC12CCNCC2. The Morgan fingerprint density at radius 2 is 2.26 bits per heavy atom. The summed E-state index contributed by atoms with van der Waals surface area (Å²) in [7, 11) is 1.93. The molecule has 5 heteroatoms. The molecule has 1 N–H and O–H groups in total. The molecule has 0 bridgehead atoms. The highest BCUT2D eigenvalue weighted by molar-refractivity contribution is 9.11. The van der Waals surface area contributed by atoms with Crippen molar-refractivity contribution >= 4 is 33.2 Å². The van der Waals surface area contributed by atoms with Crippen LogP contribution in [0.3, 0.4) is 0 Å². The van der Waals surface area contributed by atoms with Crippen LogP contribution >= 0.6 is 27.3 Å². The largest absolute Gasteiger partial charge is 0.340 e. The third kappa shape index (κ3) is 2.73. The summed E-state index contributed by atoms with van der Waals surface area (Å²) in [6.45, 7) is 2.89. The first-order chi connectivity index (χ1) is 9.11. The number of carbonyl (C=O) groups excluding carboxylic acids is 1. The van der Waals surface area contributed by atoms with E-state index in [2.05, 4.69) is 27.3 Å². The molecule has 19 heavy (non-hydrogen) atoms. The highest BCUT2D eigenvalue weighted by Crippen LogP contribution is 2.59. The van der Waals surface area contributed by atoms with Gasteiger partial charge in [-0.25, -0.2) is 0 Å². The minimum absolute atomic E-state index is 0.281. The van der Waals surface area contributed by atoms with Crippen LogP contribution in [0.2, 0.25) is 0 Å². The molecule has 1 unspecified atom stereocenters. The zero-order valence-electron chi connectivity index (χ0n) is 11.1.